The fraction of sp³-hybridized carbons (Fsp3) is 0.273. The number of aryl methyl sites for hydroxylation is 1. The van der Waals surface area contributed by atoms with E-state index in [1.54, 1.807) is 7.05 Å². The maximum atomic E-state index is 11.1. The summed E-state index contributed by atoms with van der Waals surface area (Å²) in [6.07, 6.45) is 1.07. The number of hydrogen-bond donors (Lipinski definition) is 2. The molecule has 3 aromatic rings. The van der Waals surface area contributed by atoms with Crippen molar-refractivity contribution in [2.45, 2.75) is 25.8 Å². The molecular weight excluding hydrogens is 356 g/mol. The van der Waals surface area contributed by atoms with E-state index < -0.39 is 12.0 Å². The average Bonchev–Trinajstić information content (AvgIpc) is 3.08. The first-order valence-corrected chi connectivity index (χ1v) is 9.20. The molecule has 0 aliphatic rings. The molecule has 0 unspecified atom stereocenters. The zero-order valence-electron chi connectivity index (χ0n) is 16.0. The number of rotatable bonds is 9. The van der Waals surface area contributed by atoms with Crippen LogP contribution in [0.3, 0.4) is 0 Å². The van der Waals surface area contributed by atoms with Crippen molar-refractivity contribution in [3.63, 3.8) is 0 Å². The minimum Gasteiger partial charge on any atom is -0.493 e. The molecule has 28 heavy (non-hydrogen) atoms. The van der Waals surface area contributed by atoms with Crippen LogP contribution in [-0.4, -0.2) is 35.8 Å². The smallest absolute Gasteiger partial charge is 0.321 e. The lowest BCUT2D eigenvalue weighted by Crippen LogP contribution is -2.35. The maximum Gasteiger partial charge on any atom is 0.321 e. The van der Waals surface area contributed by atoms with Crippen molar-refractivity contribution < 1.29 is 19.1 Å². The number of hydrogen-bond acceptors (Lipinski definition) is 5. The zero-order valence-corrected chi connectivity index (χ0v) is 16.0. The Hall–Kier alpha value is -3.12. The molecule has 0 radical (unpaired) electrons. The van der Waals surface area contributed by atoms with E-state index >= 15 is 0 Å². The van der Waals surface area contributed by atoms with Gasteiger partial charge < -0.3 is 19.6 Å². The number of nitrogens with one attached hydrogen (secondary N) is 1. The Labute approximate surface area is 164 Å². The fourth-order valence-corrected chi connectivity index (χ4v) is 2.90. The monoisotopic (exact) mass is 380 g/mol. The van der Waals surface area contributed by atoms with Gasteiger partial charge in [0.2, 0.25) is 5.89 Å². The summed E-state index contributed by atoms with van der Waals surface area (Å²) in [6.45, 7) is 2.39. The summed E-state index contributed by atoms with van der Waals surface area (Å²) in [7, 11) is 1.64. The van der Waals surface area contributed by atoms with E-state index in [2.05, 4.69) is 10.3 Å². The molecule has 146 valence electrons. The Balaban J connectivity index is 1.54. The van der Waals surface area contributed by atoms with Gasteiger partial charge in [0.1, 0.15) is 17.6 Å². The second-order valence-electron chi connectivity index (χ2n) is 6.51. The van der Waals surface area contributed by atoms with Crippen LogP contribution in [0.15, 0.2) is 59.0 Å². The molecule has 0 spiro atoms. The van der Waals surface area contributed by atoms with Gasteiger partial charge in [-0.15, -0.1) is 0 Å². The van der Waals surface area contributed by atoms with Gasteiger partial charge in [0.15, 0.2) is 0 Å². The molecule has 0 saturated heterocycles. The van der Waals surface area contributed by atoms with Crippen LogP contribution in [0.5, 0.6) is 5.75 Å². The molecule has 6 nitrogen and oxygen atoms in total. The standard InChI is InChI=1S/C22H24N2O4/c1-15-19(24-21(28-15)17-6-4-3-5-7-17)12-13-27-18-10-8-16(9-11-18)14-20(23-2)22(25)26/h3-11,20,23H,12-14H2,1-2H3,(H,25,26)/t20-/m0/s1. The maximum absolute atomic E-state index is 11.1. The first-order valence-electron chi connectivity index (χ1n) is 9.20. The van der Waals surface area contributed by atoms with E-state index in [0.717, 1.165) is 28.3 Å². The number of carboxylic acid groups (broad SMARTS) is 1. The summed E-state index contributed by atoms with van der Waals surface area (Å²) < 4.78 is 11.6. The highest BCUT2D eigenvalue weighted by molar-refractivity contribution is 5.73. The summed E-state index contributed by atoms with van der Waals surface area (Å²) >= 11 is 0. The average molecular weight is 380 g/mol. The minimum absolute atomic E-state index is 0.423. The fourth-order valence-electron chi connectivity index (χ4n) is 2.90. The normalized spacial score (nSPS) is 11.9. The van der Waals surface area contributed by atoms with Crippen LogP contribution in [0.25, 0.3) is 11.5 Å². The van der Waals surface area contributed by atoms with E-state index in [9.17, 15) is 4.79 Å². The van der Waals surface area contributed by atoms with E-state index in [4.69, 9.17) is 14.3 Å². The number of nitrogens with zero attached hydrogens (tertiary/aromatic N) is 1. The number of aromatic nitrogens is 1. The number of carbonyl (C=O) groups is 1. The molecule has 0 amide bonds. The second-order valence-corrected chi connectivity index (χ2v) is 6.51. The van der Waals surface area contributed by atoms with Gasteiger partial charge in [0.25, 0.3) is 0 Å². The third-order valence-corrected chi connectivity index (χ3v) is 4.53. The van der Waals surface area contributed by atoms with Crippen molar-refractivity contribution in [2.24, 2.45) is 0 Å². The Bertz CT molecular complexity index is 904. The summed E-state index contributed by atoms with van der Waals surface area (Å²) in [5.74, 6) is 1.30. The molecule has 1 heterocycles. The van der Waals surface area contributed by atoms with Gasteiger partial charge in [-0.2, -0.15) is 0 Å². The summed E-state index contributed by atoms with van der Waals surface area (Å²) in [5.41, 5.74) is 2.78. The predicted molar refractivity (Wildman–Crippen MR) is 107 cm³/mol. The lowest BCUT2D eigenvalue weighted by atomic mass is 10.1. The van der Waals surface area contributed by atoms with E-state index in [1.165, 1.54) is 0 Å². The topological polar surface area (TPSA) is 84.6 Å². The molecule has 0 saturated carbocycles. The van der Waals surface area contributed by atoms with Crippen LogP contribution in [0.2, 0.25) is 0 Å². The highest BCUT2D eigenvalue weighted by Gasteiger charge is 2.15. The molecule has 6 heteroatoms. The highest BCUT2D eigenvalue weighted by atomic mass is 16.5. The number of carboxylic acids is 1. The third kappa shape index (κ3) is 4.98. The van der Waals surface area contributed by atoms with Crippen molar-refractivity contribution in [2.75, 3.05) is 13.7 Å². The van der Waals surface area contributed by atoms with Gasteiger partial charge in [-0.1, -0.05) is 30.3 Å². The third-order valence-electron chi connectivity index (χ3n) is 4.53. The second kappa shape index (κ2) is 9.19. The number of oxazole rings is 1. The van der Waals surface area contributed by atoms with Gasteiger partial charge in [-0.3, -0.25) is 4.79 Å². The Kier molecular flexibility index (Phi) is 6.45. The van der Waals surface area contributed by atoms with Crippen molar-refractivity contribution in [1.29, 1.82) is 0 Å². The summed E-state index contributed by atoms with van der Waals surface area (Å²) in [5, 5.41) is 11.9. The molecule has 0 bridgehead atoms. The van der Waals surface area contributed by atoms with Crippen LogP contribution in [0, 0.1) is 6.92 Å². The minimum atomic E-state index is -0.860. The molecule has 3 rings (SSSR count). The highest BCUT2D eigenvalue weighted by Crippen LogP contribution is 2.22. The molecule has 0 aliphatic carbocycles. The van der Waals surface area contributed by atoms with Crippen LogP contribution < -0.4 is 10.1 Å². The number of likely N-dealkylation sites (N-methyl/N-ethyl adjacent to an activating group) is 1. The number of ether oxygens (including phenoxy) is 1. The Morgan fingerprint density at radius 3 is 2.54 bits per heavy atom. The largest absolute Gasteiger partial charge is 0.493 e. The van der Waals surface area contributed by atoms with E-state index in [0.29, 0.717) is 25.3 Å². The van der Waals surface area contributed by atoms with Crippen molar-refractivity contribution in [1.82, 2.24) is 10.3 Å². The van der Waals surface area contributed by atoms with Gasteiger partial charge in [0, 0.05) is 12.0 Å². The van der Waals surface area contributed by atoms with Crippen molar-refractivity contribution in [3.8, 4) is 17.2 Å². The predicted octanol–water partition coefficient (Wildman–Crippen LogP) is 3.49. The van der Waals surface area contributed by atoms with Crippen LogP contribution >= 0.6 is 0 Å². The van der Waals surface area contributed by atoms with Gasteiger partial charge in [-0.25, -0.2) is 4.98 Å². The van der Waals surface area contributed by atoms with Crippen LogP contribution in [-0.2, 0) is 17.6 Å². The van der Waals surface area contributed by atoms with E-state index in [1.807, 2.05) is 61.5 Å². The first kappa shape index (κ1) is 19.6. The molecule has 1 aromatic heterocycles. The first-order chi connectivity index (χ1) is 13.6. The lowest BCUT2D eigenvalue weighted by Gasteiger charge is -2.11. The number of aliphatic carboxylic acids is 1. The van der Waals surface area contributed by atoms with Crippen molar-refractivity contribution >= 4 is 5.97 Å². The Morgan fingerprint density at radius 1 is 1.18 bits per heavy atom. The van der Waals surface area contributed by atoms with Gasteiger partial charge in [0.05, 0.1) is 12.3 Å². The zero-order chi connectivity index (χ0) is 19.9. The van der Waals surface area contributed by atoms with Crippen molar-refractivity contribution in [3.05, 3.63) is 71.6 Å². The molecule has 0 fully saturated rings. The molecule has 2 N–H and O–H groups in total. The van der Waals surface area contributed by atoms with Crippen LogP contribution in [0.1, 0.15) is 17.0 Å². The molecule has 0 aliphatic heterocycles. The van der Waals surface area contributed by atoms with Gasteiger partial charge in [-0.05, 0) is 50.2 Å². The SMILES string of the molecule is CN[C@@H](Cc1ccc(OCCc2nc(-c3ccccc3)oc2C)cc1)C(=O)O. The molecule has 2 aromatic carbocycles. The molecule has 1 atom stereocenters. The quantitative estimate of drug-likeness (QED) is 0.591. The lowest BCUT2D eigenvalue weighted by molar-refractivity contribution is -0.139. The van der Waals surface area contributed by atoms with E-state index in [-0.39, 0.29) is 0 Å². The summed E-state index contributed by atoms with van der Waals surface area (Å²) in [4.78, 5) is 15.7. The van der Waals surface area contributed by atoms with Crippen LogP contribution in [0.4, 0.5) is 0 Å². The number of benzene rings is 2. The Morgan fingerprint density at radius 2 is 1.89 bits per heavy atom. The molecular formula is C22H24N2O4. The van der Waals surface area contributed by atoms with Gasteiger partial charge >= 0.3 is 5.97 Å². The summed E-state index contributed by atoms with van der Waals surface area (Å²) in [6, 6.07) is 16.7.